The van der Waals surface area contributed by atoms with E-state index in [1.54, 1.807) is 0 Å². The molecule has 1 spiro atoms. The molecule has 1 aliphatic carbocycles. The van der Waals surface area contributed by atoms with Gasteiger partial charge in [0.05, 0.1) is 27.5 Å². The van der Waals surface area contributed by atoms with E-state index in [1.165, 1.54) is 65.9 Å². The first-order chi connectivity index (χ1) is 30.3. The first-order valence-electron chi connectivity index (χ1n) is 20.9. The van der Waals surface area contributed by atoms with Crippen LogP contribution in [0, 0.1) is 0 Å². The van der Waals surface area contributed by atoms with Gasteiger partial charge in [-0.25, -0.2) is 0 Å². The molecule has 4 nitrogen and oxygen atoms in total. The first kappa shape index (κ1) is 32.8. The molecule has 0 N–H and O–H groups in total. The van der Waals surface area contributed by atoms with Crippen molar-refractivity contribution in [1.29, 1.82) is 0 Å². The number of nitrogens with zero attached hydrogens (tertiary/aromatic N) is 2. The zero-order chi connectivity index (χ0) is 39.8. The van der Waals surface area contributed by atoms with Crippen LogP contribution < -0.4 is 4.74 Å². The number of aromatic nitrogens is 2. The van der Waals surface area contributed by atoms with Crippen LogP contribution in [-0.2, 0) is 5.41 Å². The van der Waals surface area contributed by atoms with Crippen molar-refractivity contribution in [3.8, 4) is 45.1 Å². The van der Waals surface area contributed by atoms with Gasteiger partial charge in [-0.3, -0.25) is 0 Å². The Morgan fingerprint density at radius 2 is 0.902 bits per heavy atom. The molecule has 0 saturated carbocycles. The van der Waals surface area contributed by atoms with Gasteiger partial charge < -0.3 is 18.3 Å². The number of rotatable bonds is 3. The van der Waals surface area contributed by atoms with Crippen molar-refractivity contribution in [3.63, 3.8) is 0 Å². The van der Waals surface area contributed by atoms with Gasteiger partial charge >= 0.3 is 0 Å². The van der Waals surface area contributed by atoms with E-state index in [9.17, 15) is 0 Å². The molecule has 1 unspecified atom stereocenters. The summed E-state index contributed by atoms with van der Waals surface area (Å²) in [7, 11) is 0. The lowest BCUT2D eigenvalue weighted by Gasteiger charge is -2.36. The van der Waals surface area contributed by atoms with E-state index < -0.39 is 5.41 Å². The Labute approximate surface area is 350 Å². The van der Waals surface area contributed by atoms with E-state index in [2.05, 4.69) is 209 Å². The van der Waals surface area contributed by atoms with Gasteiger partial charge in [-0.2, -0.15) is 0 Å². The van der Waals surface area contributed by atoms with Crippen LogP contribution in [0.4, 0.5) is 0 Å². The zero-order valence-corrected chi connectivity index (χ0v) is 32.8. The lowest BCUT2D eigenvalue weighted by Crippen LogP contribution is -2.31. The number of hydrogen-bond acceptors (Lipinski definition) is 2. The average Bonchev–Trinajstić information content (AvgIpc) is 4.05. The van der Waals surface area contributed by atoms with E-state index in [4.69, 9.17) is 9.15 Å². The maximum atomic E-state index is 7.14. The van der Waals surface area contributed by atoms with Gasteiger partial charge in [0, 0.05) is 38.5 Å². The minimum Gasteiger partial charge on any atom is -0.455 e. The van der Waals surface area contributed by atoms with E-state index in [0.717, 1.165) is 56.3 Å². The molecule has 0 saturated heterocycles. The maximum absolute atomic E-state index is 7.14. The lowest BCUT2D eigenvalue weighted by atomic mass is 9.68. The Morgan fingerprint density at radius 3 is 1.64 bits per heavy atom. The van der Waals surface area contributed by atoms with E-state index in [0.29, 0.717) is 0 Å². The van der Waals surface area contributed by atoms with Crippen LogP contribution in [0.5, 0.6) is 11.5 Å². The quantitative estimate of drug-likeness (QED) is 0.179. The van der Waals surface area contributed by atoms with Gasteiger partial charge in [-0.15, -0.1) is 0 Å². The monoisotopic (exact) mass is 778 g/mol. The van der Waals surface area contributed by atoms with E-state index in [1.807, 2.05) is 6.07 Å². The largest absolute Gasteiger partial charge is 0.455 e. The van der Waals surface area contributed by atoms with Crippen LogP contribution in [0.25, 0.3) is 88.2 Å². The molecule has 61 heavy (non-hydrogen) atoms. The molecule has 2 aliphatic rings. The highest BCUT2D eigenvalue weighted by molar-refractivity contribution is 6.11. The van der Waals surface area contributed by atoms with Gasteiger partial charge in [0.15, 0.2) is 11.5 Å². The average molecular weight is 779 g/mol. The summed E-state index contributed by atoms with van der Waals surface area (Å²) in [5, 5.41) is 5.92. The molecule has 0 radical (unpaired) electrons. The highest BCUT2D eigenvalue weighted by atomic mass is 16.5. The second-order valence-electron chi connectivity index (χ2n) is 16.4. The van der Waals surface area contributed by atoms with Crippen molar-refractivity contribution in [2.45, 2.75) is 5.41 Å². The minimum absolute atomic E-state index is 0.773. The van der Waals surface area contributed by atoms with Gasteiger partial charge in [-0.05, 0) is 106 Å². The summed E-state index contributed by atoms with van der Waals surface area (Å²) in [5.41, 5.74) is 15.1. The van der Waals surface area contributed by atoms with Crippen molar-refractivity contribution in [1.82, 2.24) is 9.13 Å². The molecule has 3 aromatic heterocycles. The van der Waals surface area contributed by atoms with Crippen molar-refractivity contribution in [3.05, 3.63) is 229 Å². The van der Waals surface area contributed by atoms with Crippen LogP contribution in [0.15, 0.2) is 211 Å². The Kier molecular flexibility index (Phi) is 6.46. The van der Waals surface area contributed by atoms with E-state index >= 15 is 0 Å². The van der Waals surface area contributed by atoms with Gasteiger partial charge in [0.2, 0.25) is 0 Å². The molecule has 0 bridgehead atoms. The summed E-state index contributed by atoms with van der Waals surface area (Å²) in [4.78, 5) is 0. The Balaban J connectivity index is 1.07. The summed E-state index contributed by atoms with van der Waals surface area (Å²) in [6, 6.07) is 74.7. The molecule has 9 aromatic carbocycles. The number of benzene rings is 9. The molecule has 12 aromatic rings. The highest BCUT2D eigenvalue weighted by Gasteiger charge is 2.54. The van der Waals surface area contributed by atoms with Crippen LogP contribution in [0.1, 0.15) is 22.5 Å². The molecular formula is C57H34N2O2. The Morgan fingerprint density at radius 1 is 0.361 bits per heavy atom. The van der Waals surface area contributed by atoms with Gasteiger partial charge in [0.1, 0.15) is 16.7 Å². The minimum atomic E-state index is -0.818. The second-order valence-corrected chi connectivity index (χ2v) is 16.4. The van der Waals surface area contributed by atoms with Crippen molar-refractivity contribution >= 4 is 54.6 Å². The predicted molar refractivity (Wildman–Crippen MR) is 248 cm³/mol. The van der Waals surface area contributed by atoms with Crippen LogP contribution >= 0.6 is 0 Å². The van der Waals surface area contributed by atoms with Crippen LogP contribution in [0.2, 0.25) is 0 Å². The molecule has 1 aliphatic heterocycles. The fourth-order valence-electron chi connectivity index (χ4n) is 10.8. The molecule has 1 atom stereocenters. The normalized spacial score (nSPS) is 15.1. The smallest absolute Gasteiger partial charge is 0.178 e. The SMILES string of the molecule is c1ccc(-n2c3ccccc3c3ccc(-c4ccc5c(c4)C4(c6ccccc6Oc6c4oc4ccccc64)c4cc(-n6c7ccccc7c7ccccc76)ccc4-5)cc32)cc1. The van der Waals surface area contributed by atoms with Crippen LogP contribution in [0.3, 0.4) is 0 Å². The van der Waals surface area contributed by atoms with Gasteiger partial charge in [-0.1, -0.05) is 133 Å². The highest BCUT2D eigenvalue weighted by Crippen LogP contribution is 2.64. The van der Waals surface area contributed by atoms with E-state index in [-0.39, 0.29) is 0 Å². The first-order valence-corrected chi connectivity index (χ1v) is 20.9. The summed E-state index contributed by atoms with van der Waals surface area (Å²) in [6.45, 7) is 0. The number of fused-ring (bicyclic) bond motifs is 17. The molecule has 4 heteroatoms. The number of furan rings is 1. The van der Waals surface area contributed by atoms with Crippen LogP contribution in [-0.4, -0.2) is 9.13 Å². The molecule has 4 heterocycles. The topological polar surface area (TPSA) is 32.2 Å². The summed E-state index contributed by atoms with van der Waals surface area (Å²) >= 11 is 0. The third-order valence-electron chi connectivity index (χ3n) is 13.4. The molecule has 0 fully saturated rings. The third kappa shape index (κ3) is 4.28. The van der Waals surface area contributed by atoms with Gasteiger partial charge in [0.25, 0.3) is 0 Å². The van der Waals surface area contributed by atoms with Crippen molar-refractivity contribution < 1.29 is 9.15 Å². The Hall–Kier alpha value is -8.08. The maximum Gasteiger partial charge on any atom is 0.178 e. The molecule has 284 valence electrons. The predicted octanol–water partition coefficient (Wildman–Crippen LogP) is 14.8. The molecule has 14 rings (SSSR count). The molecular weight excluding hydrogens is 745 g/mol. The third-order valence-corrected chi connectivity index (χ3v) is 13.4. The number of para-hydroxylation sites is 6. The summed E-state index contributed by atoms with van der Waals surface area (Å²) < 4.78 is 18.9. The second kappa shape index (κ2) is 12.0. The van der Waals surface area contributed by atoms with Crippen molar-refractivity contribution in [2.75, 3.05) is 0 Å². The summed E-state index contributed by atoms with van der Waals surface area (Å²) in [6.07, 6.45) is 0. The van der Waals surface area contributed by atoms with Crippen molar-refractivity contribution in [2.24, 2.45) is 0 Å². The zero-order valence-electron chi connectivity index (χ0n) is 32.8. The summed E-state index contributed by atoms with van der Waals surface area (Å²) in [5.74, 6) is 2.42. The number of hydrogen-bond donors (Lipinski definition) is 0. The molecule has 0 amide bonds. The Bertz CT molecular complexity index is 3760. The fraction of sp³-hybridized carbons (Fsp3) is 0.0175. The standard InChI is InChI=1S/C57H34N2O2/c1-2-14-37(15-3-1)58-49-21-9-6-18-43(49)44-30-27-36(33-52(44)58)35-26-29-39-40-31-28-38(59-50-22-10-4-16-41(50)42-17-5-11-23-51(42)59)34-48(40)57(47(39)32-35)46-20-8-13-25-54(46)60-55-45-19-7-12-24-53(45)61-56(55)57/h1-34H. The fourth-order valence-corrected chi connectivity index (χ4v) is 10.8. The lowest BCUT2D eigenvalue weighted by molar-refractivity contribution is 0.389. The number of ether oxygens (including phenoxy) is 1.